The fourth-order valence-corrected chi connectivity index (χ4v) is 3.59. The van der Waals surface area contributed by atoms with Crippen molar-refractivity contribution in [3.63, 3.8) is 0 Å². The van der Waals surface area contributed by atoms with Crippen molar-refractivity contribution in [1.29, 1.82) is 0 Å². The third-order valence-corrected chi connectivity index (χ3v) is 5.27. The van der Waals surface area contributed by atoms with Crippen LogP contribution < -0.4 is 15.1 Å². The van der Waals surface area contributed by atoms with E-state index in [1.54, 1.807) is 12.1 Å². The molecular formula is C22H27FN3O2+. The van der Waals surface area contributed by atoms with Gasteiger partial charge in [-0.2, -0.15) is 0 Å². The quantitative estimate of drug-likeness (QED) is 0.749. The normalized spacial score (nSPS) is 19.1. The maximum absolute atomic E-state index is 13.0. The van der Waals surface area contributed by atoms with Crippen LogP contribution in [0.3, 0.4) is 0 Å². The molecule has 0 bridgehead atoms. The highest BCUT2D eigenvalue weighted by Gasteiger charge is 2.29. The molecule has 5 nitrogen and oxygen atoms in total. The van der Waals surface area contributed by atoms with Crippen molar-refractivity contribution in [3.8, 4) is 0 Å². The SMILES string of the molecule is CN(C)c1ccc(NC(=O)C[NH+]2CCC(C(=O)c3ccc(F)cc3)CC2)cc1. The second kappa shape index (κ2) is 8.97. The zero-order valence-electron chi connectivity index (χ0n) is 16.4. The fraction of sp³-hybridized carbons (Fsp3) is 0.364. The average Bonchev–Trinajstić information content (AvgIpc) is 2.69. The predicted octanol–water partition coefficient (Wildman–Crippen LogP) is 2.01. The van der Waals surface area contributed by atoms with E-state index in [1.807, 2.05) is 43.3 Å². The number of nitrogens with zero attached hydrogens (tertiary/aromatic N) is 1. The van der Waals surface area contributed by atoms with E-state index >= 15 is 0 Å². The van der Waals surface area contributed by atoms with E-state index in [4.69, 9.17) is 0 Å². The molecule has 6 heteroatoms. The number of carbonyl (C=O) groups is 2. The zero-order valence-corrected chi connectivity index (χ0v) is 16.4. The number of hydrogen-bond donors (Lipinski definition) is 2. The third kappa shape index (κ3) is 5.16. The summed E-state index contributed by atoms with van der Waals surface area (Å²) in [7, 11) is 3.95. The number of nitrogens with one attached hydrogen (secondary N) is 2. The average molecular weight is 384 g/mol. The molecule has 1 heterocycles. The Labute approximate surface area is 165 Å². The number of quaternary nitrogens is 1. The molecule has 0 aliphatic carbocycles. The van der Waals surface area contributed by atoms with Crippen molar-refractivity contribution >= 4 is 23.1 Å². The molecule has 0 atom stereocenters. The minimum atomic E-state index is -0.335. The van der Waals surface area contributed by atoms with Gasteiger partial charge in [-0.25, -0.2) is 4.39 Å². The van der Waals surface area contributed by atoms with Crippen LogP contribution in [0, 0.1) is 11.7 Å². The maximum atomic E-state index is 13.0. The van der Waals surface area contributed by atoms with Gasteiger partial charge in [0.25, 0.3) is 5.91 Å². The van der Waals surface area contributed by atoms with Gasteiger partial charge in [0, 0.05) is 49.8 Å². The lowest BCUT2D eigenvalue weighted by molar-refractivity contribution is -0.897. The molecule has 28 heavy (non-hydrogen) atoms. The number of amides is 1. The van der Waals surface area contributed by atoms with E-state index in [1.165, 1.54) is 17.0 Å². The third-order valence-electron chi connectivity index (χ3n) is 5.27. The van der Waals surface area contributed by atoms with Crippen LogP contribution in [0.1, 0.15) is 23.2 Å². The number of piperidine rings is 1. The lowest BCUT2D eigenvalue weighted by atomic mass is 9.89. The first-order chi connectivity index (χ1) is 13.4. The Morgan fingerprint density at radius 3 is 2.21 bits per heavy atom. The van der Waals surface area contributed by atoms with Crippen LogP contribution in [0.15, 0.2) is 48.5 Å². The first kappa shape index (κ1) is 20.0. The van der Waals surface area contributed by atoms with Crippen LogP contribution in [0.4, 0.5) is 15.8 Å². The highest BCUT2D eigenvalue weighted by molar-refractivity contribution is 5.97. The van der Waals surface area contributed by atoms with Crippen molar-refractivity contribution in [2.75, 3.05) is 43.9 Å². The monoisotopic (exact) mass is 384 g/mol. The van der Waals surface area contributed by atoms with Crippen LogP contribution in [-0.4, -0.2) is 45.4 Å². The van der Waals surface area contributed by atoms with E-state index in [0.717, 1.165) is 37.3 Å². The summed E-state index contributed by atoms with van der Waals surface area (Å²) >= 11 is 0. The Hall–Kier alpha value is -2.73. The van der Waals surface area contributed by atoms with Crippen molar-refractivity contribution in [2.24, 2.45) is 5.92 Å². The number of hydrogen-bond acceptors (Lipinski definition) is 3. The number of ketones is 1. The largest absolute Gasteiger partial charge is 0.378 e. The van der Waals surface area contributed by atoms with Crippen molar-refractivity contribution in [2.45, 2.75) is 12.8 Å². The van der Waals surface area contributed by atoms with Crippen molar-refractivity contribution < 1.29 is 18.9 Å². The lowest BCUT2D eigenvalue weighted by Gasteiger charge is -2.28. The van der Waals surface area contributed by atoms with Gasteiger partial charge in [-0.05, 0) is 48.5 Å². The minimum Gasteiger partial charge on any atom is -0.378 e. The summed E-state index contributed by atoms with van der Waals surface area (Å²) < 4.78 is 13.0. The van der Waals surface area contributed by atoms with Crippen LogP contribution in [-0.2, 0) is 4.79 Å². The molecule has 1 saturated heterocycles. The Morgan fingerprint density at radius 2 is 1.64 bits per heavy atom. The predicted molar refractivity (Wildman–Crippen MR) is 108 cm³/mol. The van der Waals surface area contributed by atoms with Crippen molar-refractivity contribution in [3.05, 3.63) is 59.9 Å². The summed E-state index contributed by atoms with van der Waals surface area (Å²) in [4.78, 5) is 28.1. The molecule has 0 radical (unpaired) electrons. The Bertz CT molecular complexity index is 811. The number of halogens is 1. The standard InChI is InChI=1S/C22H26FN3O2/c1-25(2)20-9-7-19(8-10-20)24-21(27)15-26-13-11-17(12-14-26)22(28)16-3-5-18(23)6-4-16/h3-10,17H,11-15H2,1-2H3,(H,24,27)/p+1. The molecule has 2 aromatic rings. The molecule has 1 amide bonds. The molecule has 0 spiro atoms. The molecule has 3 rings (SSSR count). The fourth-order valence-electron chi connectivity index (χ4n) is 3.59. The molecule has 0 saturated carbocycles. The molecule has 148 valence electrons. The lowest BCUT2D eigenvalue weighted by Crippen LogP contribution is -3.14. The number of rotatable bonds is 6. The van der Waals surface area contributed by atoms with Gasteiger partial charge in [-0.3, -0.25) is 9.59 Å². The smallest absolute Gasteiger partial charge is 0.279 e. The second-order valence-corrected chi connectivity index (χ2v) is 7.56. The molecule has 1 aliphatic rings. The molecule has 1 fully saturated rings. The zero-order chi connectivity index (χ0) is 20.1. The Balaban J connectivity index is 1.46. The molecule has 2 aromatic carbocycles. The summed E-state index contributed by atoms with van der Waals surface area (Å²) in [6, 6.07) is 13.5. The first-order valence-corrected chi connectivity index (χ1v) is 9.63. The van der Waals surface area contributed by atoms with E-state index in [2.05, 4.69) is 5.32 Å². The van der Waals surface area contributed by atoms with Crippen LogP contribution >= 0.6 is 0 Å². The molecule has 0 aromatic heterocycles. The highest BCUT2D eigenvalue weighted by Crippen LogP contribution is 2.18. The Morgan fingerprint density at radius 1 is 1.04 bits per heavy atom. The summed E-state index contributed by atoms with van der Waals surface area (Å²) in [6.45, 7) is 1.96. The number of carbonyl (C=O) groups excluding carboxylic acids is 2. The van der Waals surface area contributed by atoms with Crippen LogP contribution in [0.5, 0.6) is 0 Å². The Kier molecular flexibility index (Phi) is 6.41. The van der Waals surface area contributed by atoms with Crippen LogP contribution in [0.25, 0.3) is 0 Å². The van der Waals surface area contributed by atoms with E-state index in [0.29, 0.717) is 12.1 Å². The maximum Gasteiger partial charge on any atom is 0.279 e. The van der Waals surface area contributed by atoms with Gasteiger partial charge >= 0.3 is 0 Å². The minimum absolute atomic E-state index is 0.0177. The number of likely N-dealkylation sites (tertiary alicyclic amines) is 1. The van der Waals surface area contributed by atoms with Gasteiger partial charge in [-0.15, -0.1) is 0 Å². The van der Waals surface area contributed by atoms with Crippen LogP contribution in [0.2, 0.25) is 0 Å². The van der Waals surface area contributed by atoms with Crippen molar-refractivity contribution in [1.82, 2.24) is 0 Å². The van der Waals surface area contributed by atoms with E-state index in [-0.39, 0.29) is 23.4 Å². The summed E-state index contributed by atoms with van der Waals surface area (Å²) in [5.41, 5.74) is 2.43. The van der Waals surface area contributed by atoms with Gasteiger partial charge in [-0.1, -0.05) is 0 Å². The number of anilines is 2. The summed E-state index contributed by atoms with van der Waals surface area (Å²) in [5, 5.41) is 2.94. The molecule has 1 aliphatic heterocycles. The molecular weight excluding hydrogens is 357 g/mol. The summed E-state index contributed by atoms with van der Waals surface area (Å²) in [5.74, 6) is -0.325. The number of benzene rings is 2. The van der Waals surface area contributed by atoms with E-state index < -0.39 is 0 Å². The summed E-state index contributed by atoms with van der Waals surface area (Å²) in [6.07, 6.45) is 1.49. The van der Waals surface area contributed by atoms with Gasteiger partial charge in [0.15, 0.2) is 12.3 Å². The topological polar surface area (TPSA) is 53.9 Å². The second-order valence-electron chi connectivity index (χ2n) is 7.56. The molecule has 2 N–H and O–H groups in total. The number of Topliss-reactive ketones (excluding diaryl/α,β-unsaturated/α-hetero) is 1. The highest BCUT2D eigenvalue weighted by atomic mass is 19.1. The molecule has 0 unspecified atom stereocenters. The first-order valence-electron chi connectivity index (χ1n) is 9.63. The van der Waals surface area contributed by atoms with E-state index in [9.17, 15) is 14.0 Å². The van der Waals surface area contributed by atoms with Gasteiger partial charge in [0.2, 0.25) is 0 Å². The van der Waals surface area contributed by atoms with Gasteiger partial charge in [0.05, 0.1) is 13.1 Å². The van der Waals surface area contributed by atoms with Gasteiger partial charge < -0.3 is 15.1 Å². The van der Waals surface area contributed by atoms with Gasteiger partial charge in [0.1, 0.15) is 5.82 Å².